The van der Waals surface area contributed by atoms with Crippen LogP contribution in [0.25, 0.3) is 0 Å². The first-order valence-corrected chi connectivity index (χ1v) is 12.4. The molecule has 2 amide bonds. The summed E-state index contributed by atoms with van der Waals surface area (Å²) in [5.74, 6) is -0.664. The SMILES string of the molecule is O=C(c1ccc(Cl)c(Cl)c1)N(CC(=O)N1CCc2sccc2C1c1ccc(F)cc1)C1CC1. The second kappa shape index (κ2) is 9.09. The number of halogens is 3. The van der Waals surface area contributed by atoms with Crippen molar-refractivity contribution in [3.63, 3.8) is 0 Å². The van der Waals surface area contributed by atoms with Crippen molar-refractivity contribution in [1.29, 1.82) is 0 Å². The minimum atomic E-state index is -0.315. The van der Waals surface area contributed by atoms with Gasteiger partial charge in [-0.1, -0.05) is 35.3 Å². The van der Waals surface area contributed by atoms with Gasteiger partial charge >= 0.3 is 0 Å². The highest BCUT2D eigenvalue weighted by molar-refractivity contribution is 7.10. The van der Waals surface area contributed by atoms with Crippen molar-refractivity contribution in [2.45, 2.75) is 31.3 Å². The van der Waals surface area contributed by atoms with Crippen molar-refractivity contribution in [1.82, 2.24) is 9.80 Å². The fourth-order valence-corrected chi connectivity index (χ4v) is 5.58. The predicted octanol–water partition coefficient (Wildman–Crippen LogP) is 5.97. The Labute approximate surface area is 205 Å². The summed E-state index contributed by atoms with van der Waals surface area (Å²) in [6.07, 6.45) is 2.51. The van der Waals surface area contributed by atoms with Crippen LogP contribution in [-0.4, -0.2) is 40.7 Å². The van der Waals surface area contributed by atoms with Gasteiger partial charge in [0.15, 0.2) is 0 Å². The Kier molecular flexibility index (Phi) is 6.16. The molecule has 1 atom stereocenters. The van der Waals surface area contributed by atoms with E-state index in [1.807, 2.05) is 16.3 Å². The van der Waals surface area contributed by atoms with Crippen LogP contribution in [-0.2, 0) is 11.2 Å². The van der Waals surface area contributed by atoms with E-state index in [0.717, 1.165) is 30.4 Å². The Hall–Kier alpha value is -2.41. The topological polar surface area (TPSA) is 40.6 Å². The number of carbonyl (C=O) groups is 2. The maximum atomic E-state index is 13.6. The third-order valence-corrected chi connectivity index (χ3v) is 7.93. The fourth-order valence-electron chi connectivity index (χ4n) is 4.37. The van der Waals surface area contributed by atoms with Crippen LogP contribution >= 0.6 is 34.5 Å². The molecule has 0 bridgehead atoms. The highest BCUT2D eigenvalue weighted by Crippen LogP contribution is 2.38. The molecule has 1 saturated carbocycles. The Morgan fingerprint density at radius 1 is 1.06 bits per heavy atom. The van der Waals surface area contributed by atoms with E-state index >= 15 is 0 Å². The largest absolute Gasteiger partial charge is 0.330 e. The lowest BCUT2D eigenvalue weighted by Gasteiger charge is -2.37. The number of hydrogen-bond acceptors (Lipinski definition) is 3. The van der Waals surface area contributed by atoms with Gasteiger partial charge in [-0.15, -0.1) is 11.3 Å². The van der Waals surface area contributed by atoms with Crippen LogP contribution in [0.4, 0.5) is 4.39 Å². The fraction of sp³-hybridized carbons (Fsp3) is 0.280. The van der Waals surface area contributed by atoms with E-state index in [0.29, 0.717) is 22.2 Å². The smallest absolute Gasteiger partial charge is 0.254 e. The van der Waals surface area contributed by atoms with Gasteiger partial charge in [-0.3, -0.25) is 9.59 Å². The average molecular weight is 503 g/mol. The van der Waals surface area contributed by atoms with E-state index in [4.69, 9.17) is 23.2 Å². The summed E-state index contributed by atoms with van der Waals surface area (Å²) in [7, 11) is 0. The first-order valence-electron chi connectivity index (χ1n) is 10.8. The molecule has 1 aliphatic carbocycles. The van der Waals surface area contributed by atoms with E-state index in [9.17, 15) is 14.0 Å². The second-order valence-corrected chi connectivity index (χ2v) is 10.2. The minimum absolute atomic E-state index is 0.0130. The van der Waals surface area contributed by atoms with Crippen LogP contribution < -0.4 is 0 Å². The molecule has 0 spiro atoms. The zero-order chi connectivity index (χ0) is 23.1. The summed E-state index contributed by atoms with van der Waals surface area (Å²) in [6.45, 7) is 0.536. The Balaban J connectivity index is 1.42. The van der Waals surface area contributed by atoms with E-state index in [1.165, 1.54) is 17.0 Å². The van der Waals surface area contributed by atoms with E-state index in [2.05, 4.69) is 0 Å². The van der Waals surface area contributed by atoms with Crippen LogP contribution in [0.3, 0.4) is 0 Å². The molecule has 1 aliphatic heterocycles. The van der Waals surface area contributed by atoms with Crippen molar-refractivity contribution in [3.05, 3.63) is 91.3 Å². The number of carbonyl (C=O) groups excluding carboxylic acids is 2. The molecule has 1 unspecified atom stereocenters. The first-order chi connectivity index (χ1) is 15.9. The van der Waals surface area contributed by atoms with Gasteiger partial charge in [0.25, 0.3) is 5.91 Å². The van der Waals surface area contributed by atoms with Crippen molar-refractivity contribution in [2.24, 2.45) is 0 Å². The zero-order valence-corrected chi connectivity index (χ0v) is 20.0. The molecule has 1 aromatic heterocycles. The molecular formula is C25H21Cl2FN2O2S. The van der Waals surface area contributed by atoms with Crippen molar-refractivity contribution >= 4 is 46.4 Å². The molecule has 5 rings (SSSR count). The van der Waals surface area contributed by atoms with Gasteiger partial charge in [-0.2, -0.15) is 0 Å². The van der Waals surface area contributed by atoms with Crippen molar-refractivity contribution in [3.8, 4) is 0 Å². The number of hydrogen-bond donors (Lipinski definition) is 0. The van der Waals surface area contributed by atoms with E-state index in [-0.39, 0.29) is 36.3 Å². The highest BCUT2D eigenvalue weighted by atomic mass is 35.5. The summed E-state index contributed by atoms with van der Waals surface area (Å²) in [6, 6.07) is 12.9. The average Bonchev–Trinajstić information content (AvgIpc) is 3.54. The third-order valence-electron chi connectivity index (χ3n) is 6.19. The Morgan fingerprint density at radius 3 is 2.52 bits per heavy atom. The van der Waals surface area contributed by atoms with Crippen molar-refractivity contribution < 1.29 is 14.0 Å². The van der Waals surface area contributed by atoms with Crippen LogP contribution in [0.1, 0.15) is 45.2 Å². The lowest BCUT2D eigenvalue weighted by atomic mass is 9.93. The second-order valence-electron chi connectivity index (χ2n) is 8.38. The lowest BCUT2D eigenvalue weighted by Crippen LogP contribution is -2.47. The third kappa shape index (κ3) is 4.52. The van der Waals surface area contributed by atoms with Gasteiger partial charge in [0.1, 0.15) is 12.4 Å². The van der Waals surface area contributed by atoms with Gasteiger partial charge < -0.3 is 9.80 Å². The maximum absolute atomic E-state index is 13.6. The van der Waals surface area contributed by atoms with Crippen LogP contribution in [0.5, 0.6) is 0 Å². The zero-order valence-electron chi connectivity index (χ0n) is 17.6. The van der Waals surface area contributed by atoms with Crippen LogP contribution in [0.2, 0.25) is 10.0 Å². The van der Waals surface area contributed by atoms with Crippen LogP contribution in [0.15, 0.2) is 53.9 Å². The van der Waals surface area contributed by atoms with Crippen LogP contribution in [0, 0.1) is 5.82 Å². The molecule has 0 saturated heterocycles. The number of benzene rings is 2. The molecule has 170 valence electrons. The molecular weight excluding hydrogens is 482 g/mol. The van der Waals surface area contributed by atoms with Gasteiger partial charge in [0.05, 0.1) is 16.1 Å². The van der Waals surface area contributed by atoms with Gasteiger partial charge in [-0.25, -0.2) is 4.39 Å². The number of nitrogens with zero attached hydrogens (tertiary/aromatic N) is 2. The van der Waals surface area contributed by atoms with E-state index in [1.54, 1.807) is 46.6 Å². The normalized spacial score (nSPS) is 17.5. The lowest BCUT2D eigenvalue weighted by molar-refractivity contribution is -0.134. The molecule has 0 radical (unpaired) electrons. The van der Waals surface area contributed by atoms with Gasteiger partial charge in [0.2, 0.25) is 5.91 Å². The highest BCUT2D eigenvalue weighted by Gasteiger charge is 2.38. The molecule has 33 heavy (non-hydrogen) atoms. The molecule has 3 aromatic rings. The quantitative estimate of drug-likeness (QED) is 0.430. The predicted molar refractivity (Wildman–Crippen MR) is 128 cm³/mol. The molecule has 0 N–H and O–H groups in total. The summed E-state index contributed by atoms with van der Waals surface area (Å²) in [5.41, 5.74) is 2.34. The number of fused-ring (bicyclic) bond motifs is 1. The summed E-state index contributed by atoms with van der Waals surface area (Å²) < 4.78 is 13.6. The maximum Gasteiger partial charge on any atom is 0.254 e. The summed E-state index contributed by atoms with van der Waals surface area (Å²) in [4.78, 5) is 31.6. The number of rotatable bonds is 5. The van der Waals surface area contributed by atoms with Crippen molar-refractivity contribution in [2.75, 3.05) is 13.1 Å². The van der Waals surface area contributed by atoms with Gasteiger partial charge in [0, 0.05) is 23.0 Å². The molecule has 1 fully saturated rings. The van der Waals surface area contributed by atoms with E-state index < -0.39 is 0 Å². The molecule has 8 heteroatoms. The Morgan fingerprint density at radius 2 is 1.82 bits per heavy atom. The standard InChI is InChI=1S/C25H21Cl2FN2O2S/c26-20-8-3-16(13-21(20)27)25(32)30(18-6-7-18)14-23(31)29-11-9-22-19(10-12-33-22)24(29)15-1-4-17(28)5-2-15/h1-5,8,10,12-13,18,24H,6-7,9,11,14H2. The first kappa shape index (κ1) is 22.4. The summed E-state index contributed by atoms with van der Waals surface area (Å²) >= 11 is 13.8. The molecule has 2 aromatic carbocycles. The molecule has 2 heterocycles. The minimum Gasteiger partial charge on any atom is -0.330 e. The summed E-state index contributed by atoms with van der Waals surface area (Å²) in [5, 5.41) is 2.71. The monoisotopic (exact) mass is 502 g/mol. The number of amides is 2. The van der Waals surface area contributed by atoms with Gasteiger partial charge in [-0.05, 0) is 72.2 Å². The molecule has 4 nitrogen and oxygen atoms in total. The Bertz CT molecular complexity index is 1210. The number of thiophene rings is 1. The molecule has 2 aliphatic rings.